The minimum absolute atomic E-state index is 0.657. The fraction of sp³-hybridized carbons (Fsp3) is 0. The summed E-state index contributed by atoms with van der Waals surface area (Å²) in [6.07, 6.45) is 0. The van der Waals surface area contributed by atoms with Gasteiger partial charge in [0.15, 0.2) is 0 Å². The molecule has 9 aromatic rings. The lowest BCUT2D eigenvalue weighted by atomic mass is 9.95. The number of benzene rings is 5. The first-order valence-corrected chi connectivity index (χ1v) is 14.4. The van der Waals surface area contributed by atoms with Gasteiger partial charge in [0.05, 0.1) is 33.3 Å². The van der Waals surface area contributed by atoms with E-state index in [1.54, 1.807) is 0 Å². The molecule has 0 N–H and O–H groups in total. The second kappa shape index (κ2) is 9.33. The van der Waals surface area contributed by atoms with Gasteiger partial charge in [0.25, 0.3) is 0 Å². The maximum absolute atomic E-state index is 6.20. The fourth-order valence-electron chi connectivity index (χ4n) is 6.19. The lowest BCUT2D eigenvalue weighted by Crippen LogP contribution is -1.91. The molecule has 0 unspecified atom stereocenters. The van der Waals surface area contributed by atoms with Crippen molar-refractivity contribution in [3.05, 3.63) is 140 Å². The molecule has 0 amide bonds. The molecule has 0 saturated carbocycles. The van der Waals surface area contributed by atoms with Crippen LogP contribution in [0.3, 0.4) is 0 Å². The molecule has 0 aliphatic rings. The van der Waals surface area contributed by atoms with E-state index >= 15 is 0 Å². The Hall–Kier alpha value is -5.87. The lowest BCUT2D eigenvalue weighted by Gasteiger charge is -2.11. The molecule has 5 aromatic carbocycles. The summed E-state index contributed by atoms with van der Waals surface area (Å²) in [5.74, 6) is 0. The van der Waals surface area contributed by atoms with E-state index in [-0.39, 0.29) is 0 Å². The molecule has 4 aromatic heterocycles. The van der Waals surface area contributed by atoms with Gasteiger partial charge in [-0.15, -0.1) is 0 Å². The predicted molar refractivity (Wildman–Crippen MR) is 176 cm³/mol. The molecular formula is C39H23N3O. The van der Waals surface area contributed by atoms with Gasteiger partial charge in [0.1, 0.15) is 5.58 Å². The van der Waals surface area contributed by atoms with Crippen LogP contribution < -0.4 is 0 Å². The van der Waals surface area contributed by atoms with E-state index in [2.05, 4.69) is 91.0 Å². The molecule has 0 fully saturated rings. The van der Waals surface area contributed by atoms with Gasteiger partial charge in [0, 0.05) is 38.2 Å². The maximum Gasteiger partial charge on any atom is 0.228 e. The Kier molecular flexibility index (Phi) is 5.16. The Morgan fingerprint density at radius 1 is 0.419 bits per heavy atom. The molecule has 0 saturated heterocycles. The molecule has 4 heterocycles. The van der Waals surface area contributed by atoms with Gasteiger partial charge in [-0.1, -0.05) is 115 Å². The fourth-order valence-corrected chi connectivity index (χ4v) is 6.19. The van der Waals surface area contributed by atoms with Crippen molar-refractivity contribution in [1.82, 2.24) is 15.0 Å². The molecule has 0 aliphatic carbocycles. The van der Waals surface area contributed by atoms with E-state index in [9.17, 15) is 0 Å². The van der Waals surface area contributed by atoms with Crippen molar-refractivity contribution in [2.75, 3.05) is 0 Å². The molecule has 4 heteroatoms. The van der Waals surface area contributed by atoms with Crippen molar-refractivity contribution in [3.63, 3.8) is 0 Å². The average molecular weight is 550 g/mol. The normalized spacial score (nSPS) is 11.7. The van der Waals surface area contributed by atoms with Gasteiger partial charge >= 0.3 is 0 Å². The molecule has 0 bridgehead atoms. The molecule has 0 atom stereocenters. The highest BCUT2D eigenvalue weighted by atomic mass is 16.3. The maximum atomic E-state index is 6.20. The quantitative estimate of drug-likeness (QED) is 0.206. The van der Waals surface area contributed by atoms with E-state index in [4.69, 9.17) is 19.4 Å². The summed E-state index contributed by atoms with van der Waals surface area (Å²) in [6, 6.07) is 48.0. The summed E-state index contributed by atoms with van der Waals surface area (Å²) in [7, 11) is 0. The zero-order chi connectivity index (χ0) is 28.3. The number of pyridine rings is 3. The SMILES string of the molecule is c1ccc(-c2ccc3ccc4ccc(-c5ccc(-c6c7ccccc7nc7oc8ccccc8c67)cc5)nc4c3n2)cc1. The summed E-state index contributed by atoms with van der Waals surface area (Å²) in [5, 5.41) is 5.36. The number of hydrogen-bond donors (Lipinski definition) is 0. The minimum atomic E-state index is 0.657. The number of fused-ring (bicyclic) bond motifs is 7. The molecule has 0 spiro atoms. The highest BCUT2D eigenvalue weighted by Gasteiger charge is 2.18. The van der Waals surface area contributed by atoms with Gasteiger partial charge in [-0.3, -0.25) is 0 Å². The number of hydrogen-bond acceptors (Lipinski definition) is 4. The van der Waals surface area contributed by atoms with Crippen LogP contribution in [0.4, 0.5) is 0 Å². The van der Waals surface area contributed by atoms with Gasteiger partial charge < -0.3 is 4.42 Å². The van der Waals surface area contributed by atoms with Crippen LogP contribution in [0.15, 0.2) is 144 Å². The third-order valence-corrected chi connectivity index (χ3v) is 8.28. The Morgan fingerprint density at radius 3 is 1.70 bits per heavy atom. The standard InChI is InChI=1S/C39H23N3O/c1-2-8-24(9-3-1)31-22-20-27-18-19-28-21-23-32(41-38(28)37(27)40-31)25-14-16-26(17-15-25)35-29-10-4-6-12-33(29)42-39-36(35)30-11-5-7-13-34(30)43-39/h1-23H. The molecular weight excluding hydrogens is 526 g/mol. The Balaban J connectivity index is 1.20. The third-order valence-electron chi connectivity index (χ3n) is 8.28. The van der Waals surface area contributed by atoms with E-state index < -0.39 is 0 Å². The number of rotatable bonds is 3. The van der Waals surface area contributed by atoms with Gasteiger partial charge in [-0.25, -0.2) is 15.0 Å². The monoisotopic (exact) mass is 549 g/mol. The van der Waals surface area contributed by atoms with Crippen molar-refractivity contribution in [3.8, 4) is 33.6 Å². The van der Waals surface area contributed by atoms with Crippen molar-refractivity contribution >= 4 is 54.8 Å². The highest BCUT2D eigenvalue weighted by Crippen LogP contribution is 2.40. The van der Waals surface area contributed by atoms with Crippen LogP contribution in [0.25, 0.3) is 88.4 Å². The predicted octanol–water partition coefficient (Wildman–Crippen LogP) is 10.2. The Morgan fingerprint density at radius 2 is 0.977 bits per heavy atom. The number of aromatic nitrogens is 3. The van der Waals surface area contributed by atoms with Crippen molar-refractivity contribution in [2.45, 2.75) is 0 Å². The smallest absolute Gasteiger partial charge is 0.228 e. The van der Waals surface area contributed by atoms with Crippen LogP contribution in [-0.2, 0) is 0 Å². The number of para-hydroxylation sites is 2. The average Bonchev–Trinajstić information content (AvgIpc) is 3.45. The zero-order valence-corrected chi connectivity index (χ0v) is 23.0. The van der Waals surface area contributed by atoms with Gasteiger partial charge in [0.2, 0.25) is 5.71 Å². The largest absolute Gasteiger partial charge is 0.438 e. The summed E-state index contributed by atoms with van der Waals surface area (Å²) in [5.41, 5.74) is 10.5. The van der Waals surface area contributed by atoms with E-state index in [1.807, 2.05) is 48.5 Å². The highest BCUT2D eigenvalue weighted by molar-refractivity contribution is 6.18. The van der Waals surface area contributed by atoms with Crippen LogP contribution >= 0.6 is 0 Å². The molecule has 0 radical (unpaired) electrons. The van der Waals surface area contributed by atoms with Crippen LogP contribution in [0, 0.1) is 0 Å². The number of furan rings is 1. The summed E-state index contributed by atoms with van der Waals surface area (Å²) in [6.45, 7) is 0. The zero-order valence-electron chi connectivity index (χ0n) is 23.0. The van der Waals surface area contributed by atoms with Crippen LogP contribution in [0.2, 0.25) is 0 Å². The molecule has 4 nitrogen and oxygen atoms in total. The van der Waals surface area contributed by atoms with Crippen LogP contribution in [0.1, 0.15) is 0 Å². The first kappa shape index (κ1) is 23.8. The van der Waals surface area contributed by atoms with Crippen LogP contribution in [0.5, 0.6) is 0 Å². The second-order valence-corrected chi connectivity index (χ2v) is 10.8. The van der Waals surface area contributed by atoms with Crippen molar-refractivity contribution in [1.29, 1.82) is 0 Å². The van der Waals surface area contributed by atoms with Crippen LogP contribution in [-0.4, -0.2) is 15.0 Å². The second-order valence-electron chi connectivity index (χ2n) is 10.8. The molecule has 0 aliphatic heterocycles. The van der Waals surface area contributed by atoms with Crippen molar-refractivity contribution in [2.24, 2.45) is 0 Å². The van der Waals surface area contributed by atoms with Crippen molar-refractivity contribution < 1.29 is 4.42 Å². The summed E-state index contributed by atoms with van der Waals surface area (Å²) >= 11 is 0. The Labute approximate surface area is 246 Å². The topological polar surface area (TPSA) is 51.8 Å². The number of nitrogens with zero attached hydrogens (tertiary/aromatic N) is 3. The molecule has 43 heavy (non-hydrogen) atoms. The summed E-state index contributed by atoms with van der Waals surface area (Å²) < 4.78 is 6.20. The van der Waals surface area contributed by atoms with Gasteiger partial charge in [-0.05, 0) is 29.8 Å². The third kappa shape index (κ3) is 3.81. The Bertz CT molecular complexity index is 2500. The lowest BCUT2D eigenvalue weighted by molar-refractivity contribution is 0.656. The first-order valence-electron chi connectivity index (χ1n) is 14.4. The van der Waals surface area contributed by atoms with E-state index in [1.165, 1.54) is 0 Å². The molecule has 9 rings (SSSR count). The first-order chi connectivity index (χ1) is 21.3. The molecule has 200 valence electrons. The van der Waals surface area contributed by atoms with Gasteiger partial charge in [-0.2, -0.15) is 0 Å². The summed E-state index contributed by atoms with van der Waals surface area (Å²) in [4.78, 5) is 15.1. The van der Waals surface area contributed by atoms with E-state index in [0.717, 1.165) is 82.7 Å². The van der Waals surface area contributed by atoms with E-state index in [0.29, 0.717) is 5.71 Å². The minimum Gasteiger partial charge on any atom is -0.438 e.